The van der Waals surface area contributed by atoms with Crippen molar-refractivity contribution in [2.45, 2.75) is 11.3 Å². The van der Waals surface area contributed by atoms with Gasteiger partial charge in [-0.3, -0.25) is 9.52 Å². The van der Waals surface area contributed by atoms with E-state index in [9.17, 15) is 13.2 Å². The normalized spacial score (nSPS) is 11.2. The Labute approximate surface area is 195 Å². The minimum Gasteiger partial charge on any atom is -0.326 e. The van der Waals surface area contributed by atoms with E-state index in [1.165, 1.54) is 23.5 Å². The first-order chi connectivity index (χ1) is 15.4. The van der Waals surface area contributed by atoms with Crippen LogP contribution < -0.4 is 10.0 Å². The number of anilines is 2. The fourth-order valence-electron chi connectivity index (χ4n) is 2.94. The molecule has 4 rings (SSSR count). The zero-order valence-corrected chi connectivity index (χ0v) is 19.0. The van der Waals surface area contributed by atoms with Gasteiger partial charge in [0.2, 0.25) is 5.91 Å². The molecule has 0 radical (unpaired) electrons. The summed E-state index contributed by atoms with van der Waals surface area (Å²) in [5.74, 6) is -0.282. The third-order valence-corrected chi connectivity index (χ3v) is 7.01. The maximum absolute atomic E-state index is 12.7. The van der Waals surface area contributed by atoms with Gasteiger partial charge in [-0.15, -0.1) is 11.3 Å². The van der Waals surface area contributed by atoms with Gasteiger partial charge in [-0.1, -0.05) is 48.0 Å². The van der Waals surface area contributed by atoms with Crippen LogP contribution >= 0.6 is 22.9 Å². The van der Waals surface area contributed by atoms with Crippen molar-refractivity contribution in [3.8, 4) is 10.6 Å². The van der Waals surface area contributed by atoms with Crippen molar-refractivity contribution in [2.24, 2.45) is 0 Å². The molecule has 2 N–H and O–H groups in total. The lowest BCUT2D eigenvalue weighted by molar-refractivity contribution is -0.115. The fraction of sp³-hybridized carbons (Fsp3) is 0.0435. The van der Waals surface area contributed by atoms with Crippen LogP contribution in [0.3, 0.4) is 0 Å². The Morgan fingerprint density at radius 2 is 1.69 bits per heavy atom. The summed E-state index contributed by atoms with van der Waals surface area (Å²) >= 11 is 7.31. The largest absolute Gasteiger partial charge is 0.326 e. The molecule has 1 heterocycles. The molecule has 0 unspecified atom stereocenters. The SMILES string of the molecule is O=C(Cc1csc(-c2ccccc2)n1)Nc1cccc(S(=O)(=O)Nc2ccc(Cl)cc2)c1. The second-order valence-electron chi connectivity index (χ2n) is 6.88. The number of rotatable bonds is 7. The summed E-state index contributed by atoms with van der Waals surface area (Å²) in [7, 11) is -3.83. The van der Waals surface area contributed by atoms with E-state index in [4.69, 9.17) is 11.6 Å². The van der Waals surface area contributed by atoms with Crippen molar-refractivity contribution in [2.75, 3.05) is 10.0 Å². The van der Waals surface area contributed by atoms with E-state index in [0.29, 0.717) is 22.1 Å². The number of thiazole rings is 1. The standard InChI is InChI=1S/C23H18ClN3O3S2/c24-17-9-11-18(12-10-17)27-32(29,30)21-8-4-7-19(13-21)25-22(28)14-20-15-31-23(26-20)16-5-2-1-3-6-16/h1-13,15,27H,14H2,(H,25,28). The van der Waals surface area contributed by atoms with E-state index in [1.807, 2.05) is 35.7 Å². The summed E-state index contributed by atoms with van der Waals surface area (Å²) in [6.45, 7) is 0. The van der Waals surface area contributed by atoms with Crippen molar-refractivity contribution >= 4 is 50.2 Å². The van der Waals surface area contributed by atoms with Gasteiger partial charge in [0.05, 0.1) is 17.0 Å². The molecule has 1 amide bonds. The summed E-state index contributed by atoms with van der Waals surface area (Å²) in [6, 6.07) is 22.1. The number of benzene rings is 3. The number of sulfonamides is 1. The predicted octanol–water partition coefficient (Wildman–Crippen LogP) is 5.45. The van der Waals surface area contributed by atoms with Crippen molar-refractivity contribution < 1.29 is 13.2 Å². The second kappa shape index (κ2) is 9.52. The highest BCUT2D eigenvalue weighted by Crippen LogP contribution is 2.24. The predicted molar refractivity (Wildman–Crippen MR) is 129 cm³/mol. The molecule has 3 aromatic carbocycles. The maximum atomic E-state index is 12.7. The van der Waals surface area contributed by atoms with Gasteiger partial charge in [0.15, 0.2) is 0 Å². The van der Waals surface area contributed by atoms with Gasteiger partial charge in [0.1, 0.15) is 5.01 Å². The molecule has 1 aromatic heterocycles. The number of halogens is 1. The van der Waals surface area contributed by atoms with Gasteiger partial charge in [-0.25, -0.2) is 13.4 Å². The summed E-state index contributed by atoms with van der Waals surface area (Å²) in [4.78, 5) is 17.0. The van der Waals surface area contributed by atoms with E-state index in [2.05, 4.69) is 15.0 Å². The molecule has 0 spiro atoms. The Bertz CT molecular complexity index is 1340. The van der Waals surface area contributed by atoms with Crippen LogP contribution in [0.15, 0.2) is 89.1 Å². The summed E-state index contributed by atoms with van der Waals surface area (Å²) in [5.41, 5.74) is 2.42. The van der Waals surface area contributed by atoms with Gasteiger partial charge >= 0.3 is 0 Å². The van der Waals surface area contributed by atoms with Crippen LogP contribution in [0.1, 0.15) is 5.69 Å². The average molecular weight is 484 g/mol. The number of carbonyl (C=O) groups excluding carboxylic acids is 1. The minimum absolute atomic E-state index is 0.0327. The number of hydrogen-bond donors (Lipinski definition) is 2. The minimum atomic E-state index is -3.83. The Hall–Kier alpha value is -3.20. The lowest BCUT2D eigenvalue weighted by Crippen LogP contribution is -2.16. The molecule has 0 saturated heterocycles. The van der Waals surface area contributed by atoms with Crippen LogP contribution in [0.2, 0.25) is 5.02 Å². The molecule has 9 heteroatoms. The zero-order chi connectivity index (χ0) is 22.6. The van der Waals surface area contributed by atoms with Crippen molar-refractivity contribution in [3.63, 3.8) is 0 Å². The van der Waals surface area contributed by atoms with E-state index < -0.39 is 10.0 Å². The Morgan fingerprint density at radius 1 is 0.938 bits per heavy atom. The van der Waals surface area contributed by atoms with Gasteiger partial charge in [0, 0.05) is 27.3 Å². The van der Waals surface area contributed by atoms with Crippen LogP contribution in [0.4, 0.5) is 11.4 Å². The van der Waals surface area contributed by atoms with Crippen LogP contribution in [-0.2, 0) is 21.2 Å². The smallest absolute Gasteiger partial charge is 0.261 e. The van der Waals surface area contributed by atoms with Gasteiger partial charge in [-0.2, -0.15) is 0 Å². The summed E-state index contributed by atoms with van der Waals surface area (Å²) in [6.07, 6.45) is 0.0866. The highest BCUT2D eigenvalue weighted by molar-refractivity contribution is 7.92. The zero-order valence-electron chi connectivity index (χ0n) is 16.7. The monoisotopic (exact) mass is 483 g/mol. The van der Waals surface area contributed by atoms with Gasteiger partial charge in [0.25, 0.3) is 10.0 Å². The molecule has 0 atom stereocenters. The van der Waals surface area contributed by atoms with Crippen molar-refractivity contribution in [1.29, 1.82) is 0 Å². The highest BCUT2D eigenvalue weighted by atomic mass is 35.5. The van der Waals surface area contributed by atoms with Crippen LogP contribution in [0.25, 0.3) is 10.6 Å². The molecule has 0 bridgehead atoms. The Kier molecular flexibility index (Phi) is 6.55. The molecule has 32 heavy (non-hydrogen) atoms. The molecule has 162 valence electrons. The molecular weight excluding hydrogens is 466 g/mol. The molecule has 6 nitrogen and oxygen atoms in total. The highest BCUT2D eigenvalue weighted by Gasteiger charge is 2.16. The van der Waals surface area contributed by atoms with Crippen LogP contribution in [0, 0.1) is 0 Å². The Morgan fingerprint density at radius 3 is 2.44 bits per heavy atom. The van der Waals surface area contributed by atoms with Crippen LogP contribution in [0.5, 0.6) is 0 Å². The number of nitrogens with one attached hydrogen (secondary N) is 2. The number of nitrogens with zero attached hydrogens (tertiary/aromatic N) is 1. The average Bonchev–Trinajstić information content (AvgIpc) is 3.24. The van der Waals surface area contributed by atoms with Crippen LogP contribution in [-0.4, -0.2) is 19.3 Å². The molecule has 0 aliphatic carbocycles. The lowest BCUT2D eigenvalue weighted by Gasteiger charge is -2.10. The first-order valence-corrected chi connectivity index (χ1v) is 12.3. The molecule has 0 aliphatic rings. The third-order valence-electron chi connectivity index (χ3n) is 4.44. The summed E-state index contributed by atoms with van der Waals surface area (Å²) < 4.78 is 27.9. The van der Waals surface area contributed by atoms with Crippen molar-refractivity contribution in [1.82, 2.24) is 4.98 Å². The number of amides is 1. The van der Waals surface area contributed by atoms with E-state index >= 15 is 0 Å². The molecule has 4 aromatic rings. The quantitative estimate of drug-likeness (QED) is 0.366. The molecule has 0 aliphatic heterocycles. The molecule has 0 fully saturated rings. The first-order valence-electron chi connectivity index (χ1n) is 9.57. The topological polar surface area (TPSA) is 88.2 Å². The maximum Gasteiger partial charge on any atom is 0.261 e. The van der Waals surface area contributed by atoms with Gasteiger partial charge in [-0.05, 0) is 42.5 Å². The van der Waals surface area contributed by atoms with E-state index in [0.717, 1.165) is 10.6 Å². The third kappa shape index (κ3) is 5.53. The number of hydrogen-bond acceptors (Lipinski definition) is 5. The lowest BCUT2D eigenvalue weighted by atomic mass is 10.2. The number of carbonyl (C=O) groups is 1. The first kappa shape index (κ1) is 22.0. The number of aromatic nitrogens is 1. The molecule has 0 saturated carbocycles. The fourth-order valence-corrected chi connectivity index (χ4v) is 5.00. The van der Waals surface area contributed by atoms with Crippen molar-refractivity contribution in [3.05, 3.63) is 95.0 Å². The van der Waals surface area contributed by atoms with Gasteiger partial charge < -0.3 is 5.32 Å². The molecular formula is C23H18ClN3O3S2. The van der Waals surface area contributed by atoms with E-state index in [-0.39, 0.29) is 17.2 Å². The second-order valence-corrected chi connectivity index (χ2v) is 9.85. The van der Waals surface area contributed by atoms with E-state index in [1.54, 1.807) is 36.4 Å². The Balaban J connectivity index is 1.43. The summed E-state index contributed by atoms with van der Waals surface area (Å²) in [5, 5.41) is 5.94.